The van der Waals surface area contributed by atoms with Crippen LogP contribution in [0.5, 0.6) is 0 Å². The van der Waals surface area contributed by atoms with Crippen LogP contribution in [-0.4, -0.2) is 75.4 Å². The van der Waals surface area contributed by atoms with Crippen LogP contribution in [0.1, 0.15) is 43.7 Å². The molecule has 0 unspecified atom stereocenters. The molecule has 0 aromatic carbocycles. The average Bonchev–Trinajstić information content (AvgIpc) is 3.22. The molecule has 10 nitrogen and oxygen atoms in total. The molecule has 4 heterocycles. The number of carbonyl (C=O) groups is 1. The van der Waals surface area contributed by atoms with E-state index in [9.17, 15) is 31.5 Å². The van der Waals surface area contributed by atoms with Gasteiger partial charge in [-0.2, -0.15) is 18.3 Å². The van der Waals surface area contributed by atoms with Crippen LogP contribution in [-0.2, 0) is 15.7 Å². The van der Waals surface area contributed by atoms with Gasteiger partial charge in [-0.25, -0.2) is 23.8 Å². The number of hydrogen-bond donors (Lipinski definition) is 2. The number of aromatic nitrogens is 4. The quantitative estimate of drug-likeness (QED) is 0.500. The van der Waals surface area contributed by atoms with Crippen molar-refractivity contribution in [2.45, 2.75) is 57.0 Å². The van der Waals surface area contributed by atoms with E-state index in [4.69, 9.17) is 4.74 Å². The van der Waals surface area contributed by atoms with E-state index in [1.807, 2.05) is 5.10 Å². The zero-order chi connectivity index (χ0) is 26.7. The molecule has 2 N–H and O–H groups in total. The Kier molecular flexibility index (Phi) is 7.90. The van der Waals surface area contributed by atoms with Crippen molar-refractivity contribution in [3.8, 4) is 0 Å². The highest BCUT2D eigenvalue weighted by atomic mass is 19.4. The van der Waals surface area contributed by atoms with E-state index in [1.54, 1.807) is 16.7 Å². The lowest BCUT2D eigenvalue weighted by Crippen LogP contribution is -2.47. The summed E-state index contributed by atoms with van der Waals surface area (Å²) in [6.07, 6.45) is -3.85. The number of hydrogen-bond acceptors (Lipinski definition) is 8. The van der Waals surface area contributed by atoms with Crippen LogP contribution in [0.2, 0.25) is 0 Å². The number of amides is 1. The molecular formula is C22H26F5N7O3. The Balaban J connectivity index is 1.26. The SMILES string of the molecule is C[C@@H](CO[C@H]1CCN(C2CCN(c3ncc(C(F)(F)F)cn3)CC2)C1=O)Nc1cn[nH]c(=O)c1C(F)F. The van der Waals surface area contributed by atoms with Crippen LogP contribution in [0, 0.1) is 0 Å². The fourth-order valence-electron chi connectivity index (χ4n) is 4.51. The first-order valence-electron chi connectivity index (χ1n) is 11.7. The van der Waals surface area contributed by atoms with E-state index in [1.165, 1.54) is 0 Å². The van der Waals surface area contributed by atoms with E-state index in [2.05, 4.69) is 20.4 Å². The van der Waals surface area contributed by atoms with Gasteiger partial charge in [-0.1, -0.05) is 0 Å². The number of aromatic amines is 1. The van der Waals surface area contributed by atoms with Gasteiger partial charge in [0.1, 0.15) is 11.7 Å². The summed E-state index contributed by atoms with van der Waals surface area (Å²) in [5, 5.41) is 8.30. The maximum Gasteiger partial charge on any atom is 0.419 e. The largest absolute Gasteiger partial charge is 0.419 e. The van der Waals surface area contributed by atoms with Crippen molar-refractivity contribution in [3.63, 3.8) is 0 Å². The minimum absolute atomic E-state index is 0.0435. The molecule has 0 aliphatic carbocycles. The molecule has 15 heteroatoms. The number of alkyl halides is 5. The minimum atomic E-state index is -4.50. The summed E-state index contributed by atoms with van der Waals surface area (Å²) in [6, 6.07) is -0.520. The van der Waals surface area contributed by atoms with Gasteiger partial charge in [0, 0.05) is 50.5 Å². The normalized spacial score (nSPS) is 20.1. The molecule has 202 valence electrons. The topological polar surface area (TPSA) is 116 Å². The molecule has 37 heavy (non-hydrogen) atoms. The fraction of sp³-hybridized carbons (Fsp3) is 0.591. The van der Waals surface area contributed by atoms with Crippen molar-refractivity contribution in [1.82, 2.24) is 25.1 Å². The molecule has 0 bridgehead atoms. The Morgan fingerprint density at radius 2 is 1.78 bits per heavy atom. The lowest BCUT2D eigenvalue weighted by atomic mass is 10.0. The van der Waals surface area contributed by atoms with E-state index in [-0.39, 0.29) is 30.2 Å². The summed E-state index contributed by atoms with van der Waals surface area (Å²) in [7, 11) is 0. The minimum Gasteiger partial charge on any atom is -0.378 e. The van der Waals surface area contributed by atoms with Gasteiger partial charge in [0.15, 0.2) is 0 Å². The van der Waals surface area contributed by atoms with Crippen molar-refractivity contribution in [2.24, 2.45) is 0 Å². The average molecular weight is 531 g/mol. The number of nitrogens with one attached hydrogen (secondary N) is 2. The molecule has 2 atom stereocenters. The first-order chi connectivity index (χ1) is 17.5. The molecule has 2 aliphatic rings. The molecule has 2 fully saturated rings. The number of ether oxygens (including phenoxy) is 1. The number of anilines is 2. The smallest absolute Gasteiger partial charge is 0.378 e. The number of likely N-dealkylation sites (tertiary alicyclic amines) is 1. The Hall–Kier alpha value is -3.36. The van der Waals surface area contributed by atoms with Crippen LogP contribution in [0.3, 0.4) is 0 Å². The molecule has 2 aliphatic heterocycles. The number of piperidine rings is 1. The maximum absolute atomic E-state index is 13.2. The molecule has 0 saturated carbocycles. The van der Waals surface area contributed by atoms with Gasteiger partial charge in [-0.3, -0.25) is 9.59 Å². The summed E-state index contributed by atoms with van der Waals surface area (Å²) in [6.45, 7) is 3.20. The number of carbonyl (C=O) groups excluding carboxylic acids is 1. The second-order valence-corrected chi connectivity index (χ2v) is 9.00. The Morgan fingerprint density at radius 3 is 2.41 bits per heavy atom. The number of halogens is 5. The standard InChI is InChI=1S/C22H26F5N7O3/c1-12(31-15-10-30-32-19(35)17(15)18(23)24)11-37-16-4-7-34(20(16)36)14-2-5-33(6-3-14)21-28-8-13(9-29-21)22(25,26)27/h8-10,12,14,16,18H,2-7,11H2,1H3,(H2,31,32,35)/t12-,16-/m0/s1. The van der Waals surface area contributed by atoms with Gasteiger partial charge in [-0.15, -0.1) is 0 Å². The van der Waals surface area contributed by atoms with Gasteiger partial charge >= 0.3 is 6.18 Å². The lowest BCUT2D eigenvalue weighted by Gasteiger charge is -2.36. The van der Waals surface area contributed by atoms with Gasteiger partial charge in [0.25, 0.3) is 17.9 Å². The predicted octanol–water partition coefficient (Wildman–Crippen LogP) is 2.60. The highest BCUT2D eigenvalue weighted by Gasteiger charge is 2.38. The molecular weight excluding hydrogens is 505 g/mol. The van der Waals surface area contributed by atoms with E-state index in [0.29, 0.717) is 38.9 Å². The molecule has 0 spiro atoms. The zero-order valence-corrected chi connectivity index (χ0v) is 19.8. The van der Waals surface area contributed by atoms with Crippen LogP contribution in [0.15, 0.2) is 23.4 Å². The fourth-order valence-corrected chi connectivity index (χ4v) is 4.51. The third-order valence-electron chi connectivity index (χ3n) is 6.41. The highest BCUT2D eigenvalue weighted by Crippen LogP contribution is 2.30. The van der Waals surface area contributed by atoms with Crippen LogP contribution in [0.25, 0.3) is 0 Å². The number of rotatable bonds is 8. The van der Waals surface area contributed by atoms with Crippen molar-refractivity contribution in [1.29, 1.82) is 0 Å². The predicted molar refractivity (Wildman–Crippen MR) is 121 cm³/mol. The van der Waals surface area contributed by atoms with Crippen molar-refractivity contribution in [3.05, 3.63) is 40.1 Å². The first kappa shape index (κ1) is 26.7. The molecule has 1 amide bonds. The van der Waals surface area contributed by atoms with Gasteiger partial charge in [0.05, 0.1) is 24.1 Å². The second kappa shape index (κ2) is 10.9. The maximum atomic E-state index is 13.2. The Labute approximate surface area is 208 Å². The van der Waals surface area contributed by atoms with Gasteiger partial charge < -0.3 is 19.9 Å². The Morgan fingerprint density at radius 1 is 1.11 bits per heavy atom. The van der Waals surface area contributed by atoms with Crippen LogP contribution < -0.4 is 15.8 Å². The molecule has 0 radical (unpaired) electrons. The van der Waals surface area contributed by atoms with Crippen molar-refractivity contribution >= 4 is 17.5 Å². The summed E-state index contributed by atoms with van der Waals surface area (Å²) in [5.74, 6) is 0.0509. The second-order valence-electron chi connectivity index (χ2n) is 9.00. The van der Waals surface area contributed by atoms with Gasteiger partial charge in [0.2, 0.25) is 5.95 Å². The number of H-pyrrole nitrogens is 1. The summed E-state index contributed by atoms with van der Waals surface area (Å²) in [5.41, 5.74) is -2.70. The molecule has 4 rings (SSSR count). The van der Waals surface area contributed by atoms with Crippen LogP contribution in [0.4, 0.5) is 33.6 Å². The van der Waals surface area contributed by atoms with E-state index < -0.39 is 41.4 Å². The zero-order valence-electron chi connectivity index (χ0n) is 19.8. The van der Waals surface area contributed by atoms with Crippen molar-refractivity contribution in [2.75, 3.05) is 36.5 Å². The van der Waals surface area contributed by atoms with E-state index >= 15 is 0 Å². The third-order valence-corrected chi connectivity index (χ3v) is 6.41. The number of nitrogens with zero attached hydrogens (tertiary/aromatic N) is 5. The molecule has 2 aromatic heterocycles. The summed E-state index contributed by atoms with van der Waals surface area (Å²) < 4.78 is 70.3. The molecule has 2 aromatic rings. The van der Waals surface area contributed by atoms with Crippen molar-refractivity contribution < 1.29 is 31.5 Å². The monoisotopic (exact) mass is 531 g/mol. The summed E-state index contributed by atoms with van der Waals surface area (Å²) in [4.78, 5) is 35.8. The van der Waals surface area contributed by atoms with E-state index in [0.717, 1.165) is 18.6 Å². The third kappa shape index (κ3) is 6.14. The Bertz CT molecular complexity index is 1140. The van der Waals surface area contributed by atoms with Crippen LogP contribution >= 0.6 is 0 Å². The van der Waals surface area contributed by atoms with Gasteiger partial charge in [-0.05, 0) is 19.8 Å². The lowest BCUT2D eigenvalue weighted by molar-refractivity contribution is -0.139. The molecule has 2 saturated heterocycles. The first-order valence-corrected chi connectivity index (χ1v) is 11.7. The highest BCUT2D eigenvalue weighted by molar-refractivity contribution is 5.83. The summed E-state index contributed by atoms with van der Waals surface area (Å²) >= 11 is 0.